The Morgan fingerprint density at radius 2 is 2.05 bits per heavy atom. The lowest BCUT2D eigenvalue weighted by Gasteiger charge is -2.40. The van der Waals surface area contributed by atoms with E-state index in [2.05, 4.69) is 47.9 Å². The number of aromatic nitrogens is 2. The molecule has 0 aromatic carbocycles. The largest absolute Gasteiger partial charge is 0.353 e. The normalized spacial score (nSPS) is 20.1. The number of nitrogen functional groups attached to an aromatic ring is 1. The van der Waals surface area contributed by atoms with Gasteiger partial charge < -0.3 is 10.3 Å². The van der Waals surface area contributed by atoms with Crippen LogP contribution in [0, 0.1) is 6.92 Å². The number of likely N-dealkylation sites (N-methyl/N-ethyl adjacent to an activating group) is 1. The second-order valence-corrected chi connectivity index (χ2v) is 6.10. The molecular formula is C15H28N6. The molecule has 0 bridgehead atoms. The molecule has 1 unspecified atom stereocenters. The van der Waals surface area contributed by atoms with Crippen molar-refractivity contribution in [2.75, 3.05) is 36.5 Å². The van der Waals surface area contributed by atoms with E-state index in [9.17, 15) is 0 Å². The van der Waals surface area contributed by atoms with Gasteiger partial charge in [0.15, 0.2) is 0 Å². The van der Waals surface area contributed by atoms with Gasteiger partial charge in [0.2, 0.25) is 0 Å². The van der Waals surface area contributed by atoms with Crippen LogP contribution < -0.4 is 16.2 Å². The second-order valence-electron chi connectivity index (χ2n) is 6.10. The molecule has 1 fully saturated rings. The molecule has 0 aliphatic carbocycles. The second kappa shape index (κ2) is 6.58. The van der Waals surface area contributed by atoms with Crippen LogP contribution in [-0.4, -0.2) is 47.1 Å². The van der Waals surface area contributed by atoms with Crippen molar-refractivity contribution in [1.82, 2.24) is 14.9 Å². The summed E-state index contributed by atoms with van der Waals surface area (Å²) in [6.07, 6.45) is 0. The summed E-state index contributed by atoms with van der Waals surface area (Å²) < 4.78 is 0. The molecular weight excluding hydrogens is 264 g/mol. The lowest BCUT2D eigenvalue weighted by Crippen LogP contribution is -2.52. The zero-order valence-electron chi connectivity index (χ0n) is 13.8. The van der Waals surface area contributed by atoms with E-state index in [1.54, 1.807) is 0 Å². The molecule has 1 atom stereocenters. The van der Waals surface area contributed by atoms with Crippen molar-refractivity contribution in [3.05, 3.63) is 11.4 Å². The Bertz CT molecular complexity index is 487. The Morgan fingerprint density at radius 3 is 2.57 bits per heavy atom. The quantitative estimate of drug-likeness (QED) is 0.650. The van der Waals surface area contributed by atoms with Gasteiger partial charge in [0.25, 0.3) is 0 Å². The van der Waals surface area contributed by atoms with Crippen LogP contribution in [0.15, 0.2) is 0 Å². The molecule has 1 aromatic rings. The lowest BCUT2D eigenvalue weighted by molar-refractivity contribution is 0.199. The standard InChI is InChI=1S/C15H28N6/c1-6-20-7-8-21(9-11(20)4)15-12(5)14(19-16)17-13(18-15)10(2)3/h10-11H,6-9,16H2,1-5H3,(H,17,18,19). The molecule has 1 aliphatic rings. The van der Waals surface area contributed by atoms with Crippen LogP contribution in [-0.2, 0) is 0 Å². The fraction of sp³-hybridized carbons (Fsp3) is 0.733. The maximum Gasteiger partial charge on any atom is 0.148 e. The number of rotatable bonds is 4. The molecule has 6 nitrogen and oxygen atoms in total. The first-order chi connectivity index (χ1) is 9.97. The van der Waals surface area contributed by atoms with Gasteiger partial charge in [0, 0.05) is 37.2 Å². The van der Waals surface area contributed by atoms with Crippen LogP contribution >= 0.6 is 0 Å². The highest BCUT2D eigenvalue weighted by molar-refractivity contribution is 5.58. The van der Waals surface area contributed by atoms with Crippen molar-refractivity contribution in [3.8, 4) is 0 Å². The maximum absolute atomic E-state index is 5.62. The summed E-state index contributed by atoms with van der Waals surface area (Å²) in [6.45, 7) is 14.9. The third-order valence-electron chi connectivity index (χ3n) is 4.26. The number of nitrogens with zero attached hydrogens (tertiary/aromatic N) is 4. The fourth-order valence-electron chi connectivity index (χ4n) is 2.89. The van der Waals surface area contributed by atoms with E-state index in [0.29, 0.717) is 6.04 Å². The van der Waals surface area contributed by atoms with Gasteiger partial charge in [-0.3, -0.25) is 4.90 Å². The van der Waals surface area contributed by atoms with Crippen LogP contribution in [0.3, 0.4) is 0 Å². The van der Waals surface area contributed by atoms with Crippen LogP contribution in [0.4, 0.5) is 11.6 Å². The van der Waals surface area contributed by atoms with Gasteiger partial charge in [0.1, 0.15) is 17.5 Å². The molecule has 0 spiro atoms. The minimum atomic E-state index is 0.283. The molecule has 118 valence electrons. The highest BCUT2D eigenvalue weighted by Gasteiger charge is 2.25. The maximum atomic E-state index is 5.62. The molecule has 0 saturated carbocycles. The van der Waals surface area contributed by atoms with Gasteiger partial charge in [-0.1, -0.05) is 20.8 Å². The molecule has 3 N–H and O–H groups in total. The molecule has 21 heavy (non-hydrogen) atoms. The van der Waals surface area contributed by atoms with Crippen LogP contribution in [0.2, 0.25) is 0 Å². The van der Waals surface area contributed by atoms with Gasteiger partial charge in [0.05, 0.1) is 0 Å². The minimum absolute atomic E-state index is 0.283. The van der Waals surface area contributed by atoms with E-state index in [1.165, 1.54) is 0 Å². The van der Waals surface area contributed by atoms with Gasteiger partial charge in [-0.25, -0.2) is 15.8 Å². The van der Waals surface area contributed by atoms with E-state index in [4.69, 9.17) is 10.8 Å². The van der Waals surface area contributed by atoms with Crippen molar-refractivity contribution in [1.29, 1.82) is 0 Å². The first kappa shape index (κ1) is 16.0. The predicted molar refractivity (Wildman–Crippen MR) is 87.6 cm³/mol. The average molecular weight is 292 g/mol. The molecule has 0 radical (unpaired) electrons. The zero-order valence-corrected chi connectivity index (χ0v) is 13.8. The SMILES string of the molecule is CCN1CCN(c2nc(C(C)C)nc(NN)c2C)CC1C. The fourth-order valence-corrected chi connectivity index (χ4v) is 2.89. The summed E-state index contributed by atoms with van der Waals surface area (Å²) >= 11 is 0. The summed E-state index contributed by atoms with van der Waals surface area (Å²) in [7, 11) is 0. The summed E-state index contributed by atoms with van der Waals surface area (Å²) in [5.41, 5.74) is 3.74. The number of piperazine rings is 1. The van der Waals surface area contributed by atoms with Gasteiger partial charge in [-0.15, -0.1) is 0 Å². The first-order valence-electron chi connectivity index (χ1n) is 7.82. The lowest BCUT2D eigenvalue weighted by atomic mass is 10.1. The highest BCUT2D eigenvalue weighted by atomic mass is 15.3. The first-order valence-corrected chi connectivity index (χ1v) is 7.82. The third kappa shape index (κ3) is 3.27. The Labute approximate surface area is 127 Å². The van der Waals surface area contributed by atoms with E-state index < -0.39 is 0 Å². The summed E-state index contributed by atoms with van der Waals surface area (Å²) in [5.74, 6) is 8.50. The average Bonchev–Trinajstić information content (AvgIpc) is 2.47. The monoisotopic (exact) mass is 292 g/mol. The predicted octanol–water partition coefficient (Wildman–Crippen LogP) is 1.72. The number of hydrazine groups is 1. The number of hydrogen-bond donors (Lipinski definition) is 2. The van der Waals surface area contributed by atoms with E-state index >= 15 is 0 Å². The van der Waals surface area contributed by atoms with Crippen LogP contribution in [0.25, 0.3) is 0 Å². The molecule has 1 saturated heterocycles. The Hall–Kier alpha value is -1.40. The molecule has 0 amide bonds. The van der Waals surface area contributed by atoms with Gasteiger partial charge in [-0.05, 0) is 20.4 Å². The van der Waals surface area contributed by atoms with Crippen molar-refractivity contribution in [2.45, 2.75) is 46.6 Å². The zero-order chi connectivity index (χ0) is 15.6. The summed E-state index contributed by atoms with van der Waals surface area (Å²) in [4.78, 5) is 14.2. The van der Waals surface area contributed by atoms with E-state index in [-0.39, 0.29) is 5.92 Å². The summed E-state index contributed by atoms with van der Waals surface area (Å²) in [5, 5.41) is 0. The highest BCUT2D eigenvalue weighted by Crippen LogP contribution is 2.27. The van der Waals surface area contributed by atoms with Crippen molar-refractivity contribution in [3.63, 3.8) is 0 Å². The smallest absolute Gasteiger partial charge is 0.148 e. The molecule has 2 rings (SSSR count). The summed E-state index contributed by atoms with van der Waals surface area (Å²) in [6, 6.07) is 0.537. The Balaban J connectivity index is 2.32. The van der Waals surface area contributed by atoms with Crippen molar-refractivity contribution >= 4 is 11.6 Å². The topological polar surface area (TPSA) is 70.3 Å². The number of nitrogens with one attached hydrogen (secondary N) is 1. The minimum Gasteiger partial charge on any atom is -0.353 e. The van der Waals surface area contributed by atoms with Crippen molar-refractivity contribution in [2.24, 2.45) is 5.84 Å². The molecule has 6 heteroatoms. The van der Waals surface area contributed by atoms with E-state index in [0.717, 1.165) is 49.2 Å². The Morgan fingerprint density at radius 1 is 1.33 bits per heavy atom. The Kier molecular flexibility index (Phi) is 5.00. The number of anilines is 2. The van der Waals surface area contributed by atoms with Gasteiger partial charge in [-0.2, -0.15) is 0 Å². The van der Waals surface area contributed by atoms with Gasteiger partial charge >= 0.3 is 0 Å². The number of nitrogens with two attached hydrogens (primary N) is 1. The van der Waals surface area contributed by atoms with Crippen LogP contribution in [0.5, 0.6) is 0 Å². The number of hydrogen-bond acceptors (Lipinski definition) is 6. The molecule has 1 aliphatic heterocycles. The third-order valence-corrected chi connectivity index (χ3v) is 4.26. The van der Waals surface area contributed by atoms with E-state index in [1.807, 2.05) is 6.92 Å². The van der Waals surface area contributed by atoms with Crippen molar-refractivity contribution < 1.29 is 0 Å². The molecule has 2 heterocycles. The molecule has 1 aromatic heterocycles. The van der Waals surface area contributed by atoms with Crippen LogP contribution in [0.1, 0.15) is 45.0 Å².